The number of aryl methyl sites for hydroxylation is 2. The summed E-state index contributed by atoms with van der Waals surface area (Å²) in [7, 11) is 1.47. The molecule has 4 rings (SSSR count). The molecule has 0 saturated heterocycles. The summed E-state index contributed by atoms with van der Waals surface area (Å²) in [5, 5.41) is 4.45. The molecule has 3 heterocycles. The second-order valence-corrected chi connectivity index (χ2v) is 7.07. The third kappa shape index (κ3) is 3.58. The van der Waals surface area contributed by atoms with Crippen LogP contribution >= 0.6 is 0 Å². The first kappa shape index (κ1) is 20.7. The van der Waals surface area contributed by atoms with Gasteiger partial charge in [0.1, 0.15) is 17.0 Å². The first-order chi connectivity index (χ1) is 14.6. The highest BCUT2D eigenvalue weighted by molar-refractivity contribution is 5.84. The van der Waals surface area contributed by atoms with Crippen LogP contribution in [0.1, 0.15) is 23.7 Å². The largest absolute Gasteiger partial charge is 0.494 e. The van der Waals surface area contributed by atoms with Gasteiger partial charge in [0, 0.05) is 24.6 Å². The molecule has 0 radical (unpaired) electrons. The molecule has 0 fully saturated rings. The van der Waals surface area contributed by atoms with Gasteiger partial charge >= 0.3 is 11.8 Å². The van der Waals surface area contributed by atoms with E-state index in [1.165, 1.54) is 29.3 Å². The predicted octanol–water partition coefficient (Wildman–Crippen LogP) is 3.62. The number of hydrogen-bond acceptors (Lipinski definition) is 5. The number of fused-ring (bicyclic) bond motifs is 2. The zero-order valence-corrected chi connectivity index (χ0v) is 16.9. The van der Waals surface area contributed by atoms with Gasteiger partial charge in [-0.3, -0.25) is 14.0 Å². The number of alkyl halides is 3. The molecule has 0 atom stereocenters. The van der Waals surface area contributed by atoms with E-state index in [0.29, 0.717) is 29.4 Å². The first-order valence-corrected chi connectivity index (χ1v) is 9.44. The fraction of sp³-hybridized carbons (Fsp3) is 0.286. The highest BCUT2D eigenvalue weighted by atomic mass is 19.4. The monoisotopic (exact) mass is 433 g/mol. The van der Waals surface area contributed by atoms with Crippen molar-refractivity contribution in [2.24, 2.45) is 7.05 Å². The van der Waals surface area contributed by atoms with Crippen molar-refractivity contribution < 1.29 is 22.3 Å². The van der Waals surface area contributed by atoms with Crippen molar-refractivity contribution >= 4 is 22.0 Å². The Labute approximate surface area is 173 Å². The van der Waals surface area contributed by atoms with E-state index in [1.54, 1.807) is 18.2 Å². The van der Waals surface area contributed by atoms with E-state index in [4.69, 9.17) is 9.15 Å². The molecule has 0 N–H and O–H groups in total. The van der Waals surface area contributed by atoms with Gasteiger partial charge in [-0.1, -0.05) is 0 Å². The van der Waals surface area contributed by atoms with Gasteiger partial charge < -0.3 is 9.15 Å². The van der Waals surface area contributed by atoms with E-state index in [2.05, 4.69) is 5.10 Å². The Hall–Kier alpha value is -3.56. The van der Waals surface area contributed by atoms with Crippen LogP contribution in [-0.4, -0.2) is 21.0 Å². The number of aromatic nitrogens is 3. The van der Waals surface area contributed by atoms with Crippen molar-refractivity contribution in [2.75, 3.05) is 6.61 Å². The fourth-order valence-corrected chi connectivity index (χ4v) is 3.79. The number of halogens is 3. The Balaban J connectivity index is 1.99. The maximum atomic E-state index is 13.6. The first-order valence-electron chi connectivity index (χ1n) is 9.44. The number of nitrogens with zero attached hydrogens (tertiary/aromatic N) is 3. The van der Waals surface area contributed by atoms with Crippen molar-refractivity contribution in [1.82, 2.24) is 14.3 Å². The lowest BCUT2D eigenvalue weighted by Gasteiger charge is -2.15. The van der Waals surface area contributed by atoms with Crippen LogP contribution < -0.4 is 15.9 Å². The van der Waals surface area contributed by atoms with E-state index in [0.717, 1.165) is 0 Å². The van der Waals surface area contributed by atoms with Crippen LogP contribution in [0, 0.1) is 6.92 Å². The molecule has 10 heteroatoms. The molecule has 0 unspecified atom stereocenters. The van der Waals surface area contributed by atoms with Crippen molar-refractivity contribution in [2.45, 2.75) is 26.6 Å². The Kier molecular flexibility index (Phi) is 4.87. The van der Waals surface area contributed by atoms with Crippen LogP contribution in [-0.2, 0) is 19.8 Å². The van der Waals surface area contributed by atoms with E-state index >= 15 is 0 Å². The molecule has 0 aliphatic rings. The number of rotatable bonds is 4. The van der Waals surface area contributed by atoms with Crippen molar-refractivity contribution in [3.05, 3.63) is 67.9 Å². The minimum atomic E-state index is -4.71. The normalized spacial score (nSPS) is 12.1. The summed E-state index contributed by atoms with van der Waals surface area (Å²) in [4.78, 5) is 24.8. The number of hydrogen-bond donors (Lipinski definition) is 0. The fourth-order valence-electron chi connectivity index (χ4n) is 3.79. The Morgan fingerprint density at radius 2 is 1.90 bits per heavy atom. The van der Waals surface area contributed by atoms with Gasteiger partial charge in [-0.05, 0) is 37.6 Å². The standard InChI is InChI=1S/C21H18F3N3O4/c1-4-30-13-5-6-16-14(8-13)12(7-18(29)31-16)10-27-17(28)9-15(21(22,23)24)19-11(2)25-26(3)20(19)27/h5-9H,4,10H2,1-3H3. The van der Waals surface area contributed by atoms with E-state index in [-0.39, 0.29) is 28.9 Å². The number of pyridine rings is 1. The molecular formula is C21H18F3N3O4. The third-order valence-electron chi connectivity index (χ3n) is 5.00. The van der Waals surface area contributed by atoms with E-state index in [9.17, 15) is 22.8 Å². The van der Waals surface area contributed by atoms with Gasteiger partial charge in [0.25, 0.3) is 5.56 Å². The van der Waals surface area contributed by atoms with Gasteiger partial charge in [0.2, 0.25) is 0 Å². The molecule has 0 aliphatic carbocycles. The Morgan fingerprint density at radius 1 is 1.16 bits per heavy atom. The highest BCUT2D eigenvalue weighted by Gasteiger charge is 2.36. The summed E-state index contributed by atoms with van der Waals surface area (Å²) in [6, 6.07) is 6.67. The lowest BCUT2D eigenvalue weighted by atomic mass is 10.1. The molecule has 0 saturated carbocycles. The van der Waals surface area contributed by atoms with Gasteiger partial charge in [-0.25, -0.2) is 4.79 Å². The third-order valence-corrected chi connectivity index (χ3v) is 5.00. The summed E-state index contributed by atoms with van der Waals surface area (Å²) in [6.45, 7) is 3.54. The molecule has 7 nitrogen and oxygen atoms in total. The minimum Gasteiger partial charge on any atom is -0.494 e. The molecule has 0 amide bonds. The maximum Gasteiger partial charge on any atom is 0.417 e. The highest BCUT2D eigenvalue weighted by Crippen LogP contribution is 2.35. The Morgan fingerprint density at radius 3 is 2.58 bits per heavy atom. The van der Waals surface area contributed by atoms with Crippen molar-refractivity contribution in [1.29, 1.82) is 0 Å². The van der Waals surface area contributed by atoms with E-state index in [1.807, 2.05) is 6.92 Å². The van der Waals surface area contributed by atoms with Crippen molar-refractivity contribution in [3.63, 3.8) is 0 Å². The molecule has 1 aromatic carbocycles. The summed E-state index contributed by atoms with van der Waals surface area (Å²) in [5.74, 6) is 0.534. The molecule has 31 heavy (non-hydrogen) atoms. The summed E-state index contributed by atoms with van der Waals surface area (Å²) >= 11 is 0. The van der Waals surface area contributed by atoms with Crippen LogP contribution in [0.25, 0.3) is 22.0 Å². The van der Waals surface area contributed by atoms with Crippen LogP contribution in [0.15, 0.2) is 44.3 Å². The van der Waals surface area contributed by atoms with Gasteiger partial charge in [-0.15, -0.1) is 0 Å². The Bertz CT molecular complexity index is 1430. The minimum absolute atomic E-state index is 0.0136. The van der Waals surface area contributed by atoms with Crippen molar-refractivity contribution in [3.8, 4) is 5.75 Å². The van der Waals surface area contributed by atoms with Crippen LogP contribution in [0.3, 0.4) is 0 Å². The SMILES string of the molecule is CCOc1ccc2oc(=O)cc(Cn3c(=O)cc(C(F)(F)F)c4c(C)nn(C)c43)c2c1. The smallest absolute Gasteiger partial charge is 0.417 e. The average molecular weight is 433 g/mol. The molecule has 162 valence electrons. The maximum absolute atomic E-state index is 13.6. The number of benzene rings is 1. The lowest BCUT2D eigenvalue weighted by Crippen LogP contribution is -2.25. The zero-order chi connectivity index (χ0) is 22.5. The van der Waals surface area contributed by atoms with E-state index < -0.39 is 22.9 Å². The molecule has 0 aliphatic heterocycles. The summed E-state index contributed by atoms with van der Waals surface area (Å²) in [6.07, 6.45) is -4.71. The van der Waals surface area contributed by atoms with Gasteiger partial charge in [0.05, 0.1) is 29.8 Å². The average Bonchev–Trinajstić information content (AvgIpc) is 2.97. The van der Waals surface area contributed by atoms with Crippen LogP contribution in [0.4, 0.5) is 13.2 Å². The topological polar surface area (TPSA) is 79.3 Å². The zero-order valence-electron chi connectivity index (χ0n) is 16.9. The second kappa shape index (κ2) is 7.29. The van der Waals surface area contributed by atoms with Gasteiger partial charge in [0.15, 0.2) is 0 Å². The van der Waals surface area contributed by atoms with Gasteiger partial charge in [-0.2, -0.15) is 18.3 Å². The number of ether oxygens (including phenoxy) is 1. The second-order valence-electron chi connectivity index (χ2n) is 7.07. The molecule has 0 bridgehead atoms. The molecular weight excluding hydrogens is 415 g/mol. The quantitative estimate of drug-likeness (QED) is 0.460. The molecule has 4 aromatic rings. The summed E-state index contributed by atoms with van der Waals surface area (Å²) in [5.41, 5.74) is -1.67. The molecule has 0 spiro atoms. The predicted molar refractivity (Wildman–Crippen MR) is 107 cm³/mol. The summed E-state index contributed by atoms with van der Waals surface area (Å²) < 4.78 is 53.8. The molecule has 3 aromatic heterocycles. The van der Waals surface area contributed by atoms with Crippen LogP contribution in [0.2, 0.25) is 0 Å². The lowest BCUT2D eigenvalue weighted by molar-refractivity contribution is -0.136. The van der Waals surface area contributed by atoms with Crippen LogP contribution in [0.5, 0.6) is 5.75 Å².